The van der Waals surface area contributed by atoms with Crippen molar-refractivity contribution in [3.05, 3.63) is 28.8 Å². The van der Waals surface area contributed by atoms with Gasteiger partial charge in [0, 0.05) is 17.3 Å². The van der Waals surface area contributed by atoms with Gasteiger partial charge in [0.05, 0.1) is 5.75 Å². The van der Waals surface area contributed by atoms with Crippen LogP contribution in [0.25, 0.3) is 0 Å². The lowest BCUT2D eigenvalue weighted by molar-refractivity contribution is -0.113. The number of hydrogen-bond acceptors (Lipinski definition) is 6. The van der Waals surface area contributed by atoms with Crippen LogP contribution in [-0.4, -0.2) is 28.4 Å². The third-order valence-electron chi connectivity index (χ3n) is 2.60. The Morgan fingerprint density at radius 3 is 3.00 bits per heavy atom. The van der Waals surface area contributed by atoms with E-state index in [4.69, 9.17) is 11.6 Å². The maximum Gasteiger partial charge on any atom is 0.234 e. The first-order valence-electron chi connectivity index (χ1n) is 6.35. The number of amides is 1. The van der Waals surface area contributed by atoms with Crippen LogP contribution in [0.2, 0.25) is 5.02 Å². The second kappa shape index (κ2) is 7.63. The minimum atomic E-state index is -0.0921. The first kappa shape index (κ1) is 16.1. The fraction of sp³-hybridized carbons (Fsp3) is 0.308. The molecule has 112 valence electrons. The van der Waals surface area contributed by atoms with Gasteiger partial charge in [0.15, 0.2) is 4.34 Å². The zero-order valence-corrected chi connectivity index (χ0v) is 14.0. The first-order chi connectivity index (χ1) is 10.1. The lowest BCUT2D eigenvalue weighted by Gasteiger charge is -2.08. The van der Waals surface area contributed by atoms with E-state index in [1.165, 1.54) is 23.1 Å². The molecule has 0 aliphatic heterocycles. The Kier molecular flexibility index (Phi) is 5.84. The molecule has 2 N–H and O–H groups in total. The van der Waals surface area contributed by atoms with Gasteiger partial charge in [-0.05, 0) is 31.5 Å². The quantitative estimate of drug-likeness (QED) is 0.784. The normalized spacial score (nSPS) is 10.4. The molecule has 5 nitrogen and oxygen atoms in total. The summed E-state index contributed by atoms with van der Waals surface area (Å²) >= 11 is 8.83. The summed E-state index contributed by atoms with van der Waals surface area (Å²) in [7, 11) is 0. The average molecular weight is 343 g/mol. The lowest BCUT2D eigenvalue weighted by atomic mass is 10.2. The summed E-state index contributed by atoms with van der Waals surface area (Å²) < 4.78 is 0.768. The largest absolute Gasteiger partial charge is 0.360 e. The van der Waals surface area contributed by atoms with Crippen molar-refractivity contribution in [3.8, 4) is 0 Å². The first-order valence-corrected chi connectivity index (χ1v) is 8.53. The topological polar surface area (TPSA) is 66.9 Å². The van der Waals surface area contributed by atoms with Crippen LogP contribution in [0.1, 0.15) is 12.5 Å². The number of benzene rings is 1. The second-order valence-electron chi connectivity index (χ2n) is 4.15. The van der Waals surface area contributed by atoms with E-state index in [1.54, 1.807) is 6.07 Å². The Bertz CT molecular complexity index is 632. The number of nitrogens with one attached hydrogen (secondary N) is 2. The highest BCUT2D eigenvalue weighted by molar-refractivity contribution is 8.01. The van der Waals surface area contributed by atoms with Gasteiger partial charge >= 0.3 is 0 Å². The van der Waals surface area contributed by atoms with E-state index >= 15 is 0 Å². The molecular weight excluding hydrogens is 328 g/mol. The van der Waals surface area contributed by atoms with Crippen LogP contribution in [-0.2, 0) is 4.79 Å². The predicted molar refractivity (Wildman–Crippen MR) is 89.6 cm³/mol. The molecule has 2 rings (SSSR count). The van der Waals surface area contributed by atoms with Crippen molar-refractivity contribution in [2.45, 2.75) is 18.2 Å². The molecule has 8 heteroatoms. The highest BCUT2D eigenvalue weighted by Gasteiger charge is 2.10. The van der Waals surface area contributed by atoms with E-state index in [0.717, 1.165) is 27.3 Å². The Balaban J connectivity index is 1.88. The van der Waals surface area contributed by atoms with Gasteiger partial charge in [0.25, 0.3) is 0 Å². The summed E-state index contributed by atoms with van der Waals surface area (Å²) in [6, 6.07) is 5.44. The molecule has 0 saturated carbocycles. The highest BCUT2D eigenvalue weighted by Crippen LogP contribution is 2.26. The Morgan fingerprint density at radius 1 is 1.43 bits per heavy atom. The average Bonchev–Trinajstić information content (AvgIpc) is 2.90. The number of nitrogens with zero attached hydrogens (tertiary/aromatic N) is 2. The Labute approximate surface area is 136 Å². The zero-order valence-electron chi connectivity index (χ0n) is 11.6. The predicted octanol–water partition coefficient (Wildman–Crippen LogP) is 3.66. The summed E-state index contributed by atoms with van der Waals surface area (Å²) in [6.45, 7) is 4.67. The minimum Gasteiger partial charge on any atom is -0.360 e. The van der Waals surface area contributed by atoms with E-state index < -0.39 is 0 Å². The van der Waals surface area contributed by atoms with Gasteiger partial charge in [-0.15, -0.1) is 10.2 Å². The maximum absolute atomic E-state index is 11.9. The molecule has 0 saturated heterocycles. The SMILES string of the molecule is CCNc1nnc(SCC(=O)Nc2cccc(Cl)c2C)s1. The standard InChI is InChI=1S/C13H15ClN4OS2/c1-3-15-12-17-18-13(21-12)20-7-11(19)16-10-6-4-5-9(14)8(10)2/h4-6H,3,7H2,1-2H3,(H,15,17)(H,16,19). The lowest BCUT2D eigenvalue weighted by Crippen LogP contribution is -2.14. The van der Waals surface area contributed by atoms with Crippen molar-refractivity contribution >= 4 is 51.4 Å². The molecule has 0 unspecified atom stereocenters. The van der Waals surface area contributed by atoms with Gasteiger partial charge < -0.3 is 10.6 Å². The van der Waals surface area contributed by atoms with Gasteiger partial charge in [-0.1, -0.05) is 40.8 Å². The molecule has 0 radical (unpaired) electrons. The molecule has 0 aliphatic carbocycles. The number of hydrogen-bond donors (Lipinski definition) is 2. The summed E-state index contributed by atoms with van der Waals surface area (Å²) in [5.41, 5.74) is 1.60. The maximum atomic E-state index is 11.9. The number of anilines is 2. The fourth-order valence-corrected chi connectivity index (χ4v) is 3.34. The number of aromatic nitrogens is 2. The molecule has 21 heavy (non-hydrogen) atoms. The van der Waals surface area contributed by atoms with Crippen molar-refractivity contribution < 1.29 is 4.79 Å². The van der Waals surface area contributed by atoms with E-state index in [0.29, 0.717) is 5.02 Å². The summed E-state index contributed by atoms with van der Waals surface area (Å²) in [5, 5.41) is 15.3. The van der Waals surface area contributed by atoms with E-state index in [-0.39, 0.29) is 11.7 Å². The summed E-state index contributed by atoms with van der Waals surface area (Å²) in [5.74, 6) is 0.192. The van der Waals surface area contributed by atoms with Gasteiger partial charge in [-0.3, -0.25) is 4.79 Å². The number of halogens is 1. The molecule has 0 atom stereocenters. The van der Waals surface area contributed by atoms with Crippen LogP contribution < -0.4 is 10.6 Å². The molecule has 0 spiro atoms. The minimum absolute atomic E-state index is 0.0921. The number of rotatable bonds is 6. The molecule has 1 heterocycles. The number of carbonyl (C=O) groups is 1. The van der Waals surface area contributed by atoms with E-state index in [1.807, 2.05) is 26.0 Å². The number of thioether (sulfide) groups is 1. The van der Waals surface area contributed by atoms with Crippen LogP contribution in [0.4, 0.5) is 10.8 Å². The van der Waals surface area contributed by atoms with Crippen molar-refractivity contribution in [1.29, 1.82) is 0 Å². The van der Waals surface area contributed by atoms with Crippen molar-refractivity contribution in [3.63, 3.8) is 0 Å². The van der Waals surface area contributed by atoms with Crippen LogP contribution in [0.15, 0.2) is 22.5 Å². The van der Waals surface area contributed by atoms with E-state index in [2.05, 4.69) is 20.8 Å². The van der Waals surface area contributed by atoms with Gasteiger partial charge in [0.2, 0.25) is 11.0 Å². The van der Waals surface area contributed by atoms with E-state index in [9.17, 15) is 4.79 Å². The molecular formula is C13H15ClN4OS2. The van der Waals surface area contributed by atoms with Crippen LogP contribution in [0.3, 0.4) is 0 Å². The monoisotopic (exact) mass is 342 g/mol. The molecule has 2 aromatic rings. The summed E-state index contributed by atoms with van der Waals surface area (Å²) in [4.78, 5) is 11.9. The molecule has 0 bridgehead atoms. The second-order valence-corrected chi connectivity index (χ2v) is 6.76. The number of carbonyl (C=O) groups excluding carboxylic acids is 1. The Hall–Kier alpha value is -1.31. The smallest absolute Gasteiger partial charge is 0.234 e. The van der Waals surface area contributed by atoms with Crippen LogP contribution in [0.5, 0.6) is 0 Å². The molecule has 0 aliphatic rings. The van der Waals surface area contributed by atoms with Crippen molar-refractivity contribution in [1.82, 2.24) is 10.2 Å². The van der Waals surface area contributed by atoms with Crippen molar-refractivity contribution in [2.75, 3.05) is 22.9 Å². The molecule has 0 fully saturated rings. The van der Waals surface area contributed by atoms with Gasteiger partial charge in [0.1, 0.15) is 0 Å². The third-order valence-corrected chi connectivity index (χ3v) is 5.03. The van der Waals surface area contributed by atoms with Crippen LogP contribution >= 0.6 is 34.7 Å². The zero-order chi connectivity index (χ0) is 15.2. The van der Waals surface area contributed by atoms with Crippen molar-refractivity contribution in [2.24, 2.45) is 0 Å². The molecule has 1 aromatic heterocycles. The molecule has 1 aromatic carbocycles. The fourth-order valence-electron chi connectivity index (χ4n) is 1.55. The third kappa shape index (κ3) is 4.59. The Morgan fingerprint density at radius 2 is 2.24 bits per heavy atom. The van der Waals surface area contributed by atoms with Crippen LogP contribution in [0, 0.1) is 6.92 Å². The van der Waals surface area contributed by atoms with Gasteiger partial charge in [-0.25, -0.2) is 0 Å². The molecule has 1 amide bonds. The highest BCUT2D eigenvalue weighted by atomic mass is 35.5. The summed E-state index contributed by atoms with van der Waals surface area (Å²) in [6.07, 6.45) is 0. The van der Waals surface area contributed by atoms with Gasteiger partial charge in [-0.2, -0.15) is 0 Å².